The fourth-order valence-electron chi connectivity index (χ4n) is 1.11. The van der Waals surface area contributed by atoms with Crippen LogP contribution < -0.4 is 15.9 Å². The predicted octanol–water partition coefficient (Wildman–Crippen LogP) is 0.246. The molecule has 0 aliphatic heterocycles. The third kappa shape index (κ3) is 2.30. The number of aromatic nitrogens is 2. The van der Waals surface area contributed by atoms with Crippen molar-refractivity contribution in [2.24, 2.45) is 0 Å². The van der Waals surface area contributed by atoms with Gasteiger partial charge in [-0.25, -0.2) is 0 Å². The summed E-state index contributed by atoms with van der Waals surface area (Å²) in [4.78, 5) is 0. The van der Waals surface area contributed by atoms with Gasteiger partial charge in [-0.3, -0.25) is 0 Å². The normalized spacial score (nSPS) is 9.43. The van der Waals surface area contributed by atoms with Crippen LogP contribution in [-0.2, 0) is 6.54 Å². The minimum Gasteiger partial charge on any atom is -0.539 e. The van der Waals surface area contributed by atoms with Gasteiger partial charge in [0.25, 0.3) is 0 Å². The van der Waals surface area contributed by atoms with Gasteiger partial charge in [0.1, 0.15) is 5.95 Å². The van der Waals surface area contributed by atoms with Crippen molar-refractivity contribution in [2.45, 2.75) is 6.54 Å². The molecule has 2 rings (SSSR count). The van der Waals surface area contributed by atoms with E-state index in [1.165, 1.54) is 10.9 Å². The highest BCUT2D eigenvalue weighted by molar-refractivity contribution is 5.13. The van der Waals surface area contributed by atoms with Crippen LogP contribution in [0.4, 0.5) is 0 Å². The maximum atomic E-state index is 10.6. The molecule has 0 bridgehead atoms. The van der Waals surface area contributed by atoms with Crippen LogP contribution in [0.25, 0.3) is 0 Å². The zero-order valence-corrected chi connectivity index (χ0v) is 7.59. The molecule has 14 heavy (non-hydrogen) atoms. The third-order valence-electron chi connectivity index (χ3n) is 1.68. The molecule has 74 valence electrons. The number of hydrogen-bond donors (Lipinski definition) is 1. The number of nitrogens with zero attached hydrogens (tertiary/aromatic N) is 2. The van der Waals surface area contributed by atoms with E-state index in [1.54, 1.807) is 0 Å². The van der Waals surface area contributed by atoms with Crippen LogP contribution in [0.1, 0.15) is 5.56 Å². The second-order valence-corrected chi connectivity index (χ2v) is 2.70. The zero-order valence-electron chi connectivity index (χ0n) is 7.59. The van der Waals surface area contributed by atoms with Crippen LogP contribution in [0.3, 0.4) is 0 Å². The summed E-state index contributed by atoms with van der Waals surface area (Å²) in [5.74, 6) is -0.420. The van der Waals surface area contributed by atoms with E-state index in [0.717, 1.165) is 5.56 Å². The largest absolute Gasteiger partial charge is 0.539 e. The van der Waals surface area contributed by atoms with E-state index in [1.807, 2.05) is 30.3 Å². The summed E-state index contributed by atoms with van der Waals surface area (Å²) in [7, 11) is 0. The van der Waals surface area contributed by atoms with Crippen LogP contribution in [0, 0.1) is 0 Å². The molecule has 0 fully saturated rings. The number of rotatable bonds is 2. The van der Waals surface area contributed by atoms with Crippen molar-refractivity contribution < 1.29 is 14.3 Å². The Kier molecular flexibility index (Phi) is 3.19. The van der Waals surface area contributed by atoms with Gasteiger partial charge in [0.05, 0.1) is 5.27 Å². The molecular formula is C9H11N3O2. The lowest BCUT2D eigenvalue weighted by molar-refractivity contribution is -0.754. The Labute approximate surface area is 81.1 Å². The van der Waals surface area contributed by atoms with E-state index >= 15 is 0 Å². The summed E-state index contributed by atoms with van der Waals surface area (Å²) in [5, 5.41) is 14.2. The minimum atomic E-state index is -0.420. The molecule has 0 atom stereocenters. The van der Waals surface area contributed by atoms with Crippen LogP contribution in [-0.4, -0.2) is 5.27 Å². The lowest BCUT2D eigenvalue weighted by atomic mass is 10.2. The maximum Gasteiger partial charge on any atom is 0.221 e. The van der Waals surface area contributed by atoms with Crippen LogP contribution in [0.15, 0.2) is 41.1 Å². The molecule has 0 aliphatic carbocycles. The molecule has 0 spiro atoms. The standard InChI is InChI=1S/C9H8N2O2.H3N/c12-9-7-11(10-13-9)6-8-4-2-1-3-5-8;/h1-5,7H,6H2;1H3. The second kappa shape index (κ2) is 4.38. The highest BCUT2D eigenvalue weighted by Crippen LogP contribution is 1.98. The molecule has 0 radical (unpaired) electrons. The number of benzene rings is 1. The topological polar surface area (TPSA) is 88.0 Å². The summed E-state index contributed by atoms with van der Waals surface area (Å²) < 4.78 is 5.86. The first-order chi connectivity index (χ1) is 6.34. The lowest BCUT2D eigenvalue weighted by Crippen LogP contribution is -2.35. The first kappa shape index (κ1) is 10.2. The molecule has 0 saturated heterocycles. The Morgan fingerprint density at radius 3 is 2.57 bits per heavy atom. The lowest BCUT2D eigenvalue weighted by Gasteiger charge is -1.90. The molecule has 0 unspecified atom stereocenters. The Morgan fingerprint density at radius 2 is 2.00 bits per heavy atom. The molecule has 3 N–H and O–H groups in total. The Bertz CT molecular complexity index is 386. The SMILES string of the molecule is N.[O-]c1c[n+](Cc2ccccc2)no1. The van der Waals surface area contributed by atoms with Gasteiger partial charge >= 0.3 is 0 Å². The Morgan fingerprint density at radius 1 is 1.29 bits per heavy atom. The van der Waals surface area contributed by atoms with Crippen molar-refractivity contribution in [1.29, 1.82) is 0 Å². The highest BCUT2D eigenvalue weighted by Gasteiger charge is 2.03. The first-order valence-corrected chi connectivity index (χ1v) is 3.92. The summed E-state index contributed by atoms with van der Waals surface area (Å²) in [5.41, 5.74) is 1.08. The number of hydrogen-bond acceptors (Lipinski definition) is 4. The van der Waals surface area contributed by atoms with Gasteiger partial charge in [-0.15, -0.1) is 0 Å². The Hall–Kier alpha value is -1.88. The maximum absolute atomic E-state index is 10.6. The highest BCUT2D eigenvalue weighted by atomic mass is 16.6. The fourth-order valence-corrected chi connectivity index (χ4v) is 1.11. The van der Waals surface area contributed by atoms with Gasteiger partial charge in [-0.1, -0.05) is 35.0 Å². The summed E-state index contributed by atoms with van der Waals surface area (Å²) >= 11 is 0. The first-order valence-electron chi connectivity index (χ1n) is 3.92. The molecule has 5 heteroatoms. The molecular weight excluding hydrogens is 182 g/mol. The molecule has 1 aromatic carbocycles. The molecule has 1 aromatic heterocycles. The van der Waals surface area contributed by atoms with Gasteiger partial charge < -0.3 is 15.8 Å². The summed E-state index contributed by atoms with van der Waals surface area (Å²) in [6.45, 7) is 0.562. The van der Waals surface area contributed by atoms with Gasteiger partial charge in [-0.2, -0.15) is 0 Å². The Balaban J connectivity index is 0.000000980. The zero-order chi connectivity index (χ0) is 9.10. The molecule has 5 nitrogen and oxygen atoms in total. The van der Waals surface area contributed by atoms with Crippen molar-refractivity contribution in [3.05, 3.63) is 42.1 Å². The minimum absolute atomic E-state index is 0. The van der Waals surface area contributed by atoms with Gasteiger partial charge in [-0.05, 0) is 0 Å². The third-order valence-corrected chi connectivity index (χ3v) is 1.68. The average molecular weight is 193 g/mol. The van der Waals surface area contributed by atoms with E-state index in [0.29, 0.717) is 6.54 Å². The quantitative estimate of drug-likeness (QED) is 0.692. The van der Waals surface area contributed by atoms with Crippen molar-refractivity contribution in [3.63, 3.8) is 0 Å². The van der Waals surface area contributed by atoms with Gasteiger partial charge in [0.15, 0.2) is 0 Å². The summed E-state index contributed by atoms with van der Waals surface area (Å²) in [6.07, 6.45) is 1.33. The van der Waals surface area contributed by atoms with Crippen molar-refractivity contribution in [1.82, 2.24) is 11.4 Å². The molecule has 0 aliphatic rings. The van der Waals surface area contributed by atoms with Crippen LogP contribution in [0.2, 0.25) is 0 Å². The molecule has 1 heterocycles. The van der Waals surface area contributed by atoms with E-state index < -0.39 is 5.95 Å². The fraction of sp³-hybridized carbons (Fsp3) is 0.111. The van der Waals surface area contributed by atoms with Gasteiger partial charge in [0, 0.05) is 5.56 Å². The van der Waals surface area contributed by atoms with E-state index in [4.69, 9.17) is 0 Å². The van der Waals surface area contributed by atoms with E-state index in [9.17, 15) is 5.11 Å². The van der Waals surface area contributed by atoms with Gasteiger partial charge in [0.2, 0.25) is 12.7 Å². The molecule has 0 amide bonds. The van der Waals surface area contributed by atoms with Crippen LogP contribution >= 0.6 is 0 Å². The van der Waals surface area contributed by atoms with Crippen molar-refractivity contribution >= 4 is 0 Å². The smallest absolute Gasteiger partial charge is 0.221 e. The monoisotopic (exact) mass is 193 g/mol. The van der Waals surface area contributed by atoms with E-state index in [-0.39, 0.29) is 6.15 Å². The average Bonchev–Trinajstić information content (AvgIpc) is 2.53. The van der Waals surface area contributed by atoms with Crippen molar-refractivity contribution in [3.8, 4) is 5.95 Å². The molecule has 2 aromatic rings. The predicted molar refractivity (Wildman–Crippen MR) is 46.7 cm³/mol. The van der Waals surface area contributed by atoms with Crippen LogP contribution in [0.5, 0.6) is 5.95 Å². The van der Waals surface area contributed by atoms with E-state index in [2.05, 4.69) is 9.79 Å². The van der Waals surface area contributed by atoms with Crippen molar-refractivity contribution in [2.75, 3.05) is 0 Å². The summed E-state index contributed by atoms with van der Waals surface area (Å²) in [6, 6.07) is 9.75. The molecule has 0 saturated carbocycles. The second-order valence-electron chi connectivity index (χ2n) is 2.70.